The zero-order chi connectivity index (χ0) is 19.3. The van der Waals surface area contributed by atoms with Crippen LogP contribution in [0.4, 0.5) is 11.6 Å². The number of fused-ring (bicyclic) bond motifs is 1. The van der Waals surface area contributed by atoms with Crippen LogP contribution in [-0.2, 0) is 0 Å². The summed E-state index contributed by atoms with van der Waals surface area (Å²) in [7, 11) is 0. The number of carbonyl (C=O) groups is 1. The standard InChI is InChI=1S/C21H26N6O/c1-16-24-19(14-20(25-16)26-10-4-2-5-11-26)22-8-9-23-21(28)17-13-18-7-3-6-12-27(18)15-17/h3,6-7,12-15H,2,4-5,8-11H2,1H3,(H,23,28)(H,22,24,25). The summed E-state index contributed by atoms with van der Waals surface area (Å²) in [5, 5.41) is 6.25. The van der Waals surface area contributed by atoms with E-state index < -0.39 is 0 Å². The fourth-order valence-electron chi connectivity index (χ4n) is 3.58. The van der Waals surface area contributed by atoms with Gasteiger partial charge in [0.15, 0.2) is 0 Å². The second-order valence-corrected chi connectivity index (χ2v) is 7.15. The van der Waals surface area contributed by atoms with Gasteiger partial charge in [-0.15, -0.1) is 0 Å². The maximum absolute atomic E-state index is 12.4. The number of anilines is 2. The molecule has 146 valence electrons. The molecule has 28 heavy (non-hydrogen) atoms. The van der Waals surface area contributed by atoms with Gasteiger partial charge in [-0.3, -0.25) is 4.79 Å². The minimum Gasteiger partial charge on any atom is -0.368 e. The Kier molecular flexibility index (Phi) is 5.41. The normalized spacial score (nSPS) is 14.2. The lowest BCUT2D eigenvalue weighted by atomic mass is 10.1. The zero-order valence-electron chi connectivity index (χ0n) is 16.2. The van der Waals surface area contributed by atoms with E-state index in [-0.39, 0.29) is 5.91 Å². The van der Waals surface area contributed by atoms with Gasteiger partial charge in [0.1, 0.15) is 17.5 Å². The predicted molar refractivity (Wildman–Crippen MR) is 111 cm³/mol. The molecular weight excluding hydrogens is 352 g/mol. The second kappa shape index (κ2) is 8.29. The van der Waals surface area contributed by atoms with Crippen molar-refractivity contribution in [3.63, 3.8) is 0 Å². The number of nitrogens with zero attached hydrogens (tertiary/aromatic N) is 4. The van der Waals surface area contributed by atoms with E-state index in [1.165, 1.54) is 19.3 Å². The number of hydrogen-bond donors (Lipinski definition) is 2. The molecule has 0 aromatic carbocycles. The van der Waals surface area contributed by atoms with E-state index in [0.717, 1.165) is 36.1 Å². The fourth-order valence-corrected chi connectivity index (χ4v) is 3.58. The molecule has 2 N–H and O–H groups in total. The highest BCUT2D eigenvalue weighted by Crippen LogP contribution is 2.20. The van der Waals surface area contributed by atoms with Crippen molar-refractivity contribution in [2.75, 3.05) is 36.4 Å². The van der Waals surface area contributed by atoms with Gasteiger partial charge < -0.3 is 19.9 Å². The van der Waals surface area contributed by atoms with E-state index in [0.29, 0.717) is 18.7 Å². The molecule has 1 saturated heterocycles. The van der Waals surface area contributed by atoms with Crippen molar-refractivity contribution in [3.05, 3.63) is 54.1 Å². The molecule has 1 aliphatic rings. The average Bonchev–Trinajstić information content (AvgIpc) is 3.16. The quantitative estimate of drug-likeness (QED) is 0.645. The Morgan fingerprint density at radius 3 is 2.79 bits per heavy atom. The SMILES string of the molecule is Cc1nc(NCCNC(=O)c2cc3ccccn3c2)cc(N2CCCCC2)n1. The van der Waals surface area contributed by atoms with Gasteiger partial charge in [0.2, 0.25) is 0 Å². The highest BCUT2D eigenvalue weighted by atomic mass is 16.1. The Morgan fingerprint density at radius 1 is 1.11 bits per heavy atom. The number of piperidine rings is 1. The smallest absolute Gasteiger partial charge is 0.252 e. The van der Waals surface area contributed by atoms with Crippen molar-refractivity contribution in [1.82, 2.24) is 19.7 Å². The molecule has 4 rings (SSSR count). The van der Waals surface area contributed by atoms with Gasteiger partial charge in [0, 0.05) is 50.2 Å². The first-order chi connectivity index (χ1) is 13.7. The van der Waals surface area contributed by atoms with Crippen LogP contribution < -0.4 is 15.5 Å². The third-order valence-electron chi connectivity index (χ3n) is 4.99. The van der Waals surface area contributed by atoms with Crippen LogP contribution >= 0.6 is 0 Å². The van der Waals surface area contributed by atoms with Gasteiger partial charge >= 0.3 is 0 Å². The summed E-state index contributed by atoms with van der Waals surface area (Å²) in [6.45, 7) is 5.15. The Labute approximate surface area is 164 Å². The van der Waals surface area contributed by atoms with Crippen LogP contribution in [0.3, 0.4) is 0 Å². The molecule has 0 saturated carbocycles. The van der Waals surface area contributed by atoms with Gasteiger partial charge in [-0.1, -0.05) is 6.07 Å². The van der Waals surface area contributed by atoms with Crippen molar-refractivity contribution in [1.29, 1.82) is 0 Å². The topological polar surface area (TPSA) is 74.6 Å². The predicted octanol–water partition coefficient (Wildman–Crippen LogP) is 2.87. The molecule has 1 aliphatic heterocycles. The van der Waals surface area contributed by atoms with Crippen LogP contribution in [0, 0.1) is 6.92 Å². The van der Waals surface area contributed by atoms with Gasteiger partial charge in [0.05, 0.1) is 5.56 Å². The van der Waals surface area contributed by atoms with Crippen molar-refractivity contribution in [2.24, 2.45) is 0 Å². The number of pyridine rings is 1. The van der Waals surface area contributed by atoms with Crippen molar-refractivity contribution >= 4 is 23.1 Å². The minimum atomic E-state index is -0.0710. The van der Waals surface area contributed by atoms with E-state index in [4.69, 9.17) is 0 Å². The lowest BCUT2D eigenvalue weighted by Crippen LogP contribution is -2.31. The van der Waals surface area contributed by atoms with Crippen molar-refractivity contribution in [2.45, 2.75) is 26.2 Å². The molecule has 3 aromatic rings. The van der Waals surface area contributed by atoms with Crippen molar-refractivity contribution < 1.29 is 4.79 Å². The highest BCUT2D eigenvalue weighted by molar-refractivity contribution is 5.95. The summed E-state index contributed by atoms with van der Waals surface area (Å²) in [5.41, 5.74) is 1.67. The first-order valence-corrected chi connectivity index (χ1v) is 9.88. The van der Waals surface area contributed by atoms with E-state index in [9.17, 15) is 4.79 Å². The zero-order valence-corrected chi connectivity index (χ0v) is 16.2. The van der Waals surface area contributed by atoms with Gasteiger partial charge in [-0.2, -0.15) is 0 Å². The Balaban J connectivity index is 1.31. The number of hydrogen-bond acceptors (Lipinski definition) is 5. The Hall–Kier alpha value is -3.09. The molecule has 1 fully saturated rings. The molecule has 0 atom stereocenters. The number of aromatic nitrogens is 3. The van der Waals surface area contributed by atoms with Crippen LogP contribution in [-0.4, -0.2) is 46.5 Å². The van der Waals surface area contributed by atoms with Crippen LogP contribution in [0.2, 0.25) is 0 Å². The van der Waals surface area contributed by atoms with Crippen LogP contribution in [0.15, 0.2) is 42.7 Å². The number of carbonyl (C=O) groups excluding carboxylic acids is 1. The molecule has 7 heteroatoms. The van der Waals surface area contributed by atoms with Crippen LogP contribution in [0.1, 0.15) is 35.4 Å². The summed E-state index contributed by atoms with van der Waals surface area (Å²) in [4.78, 5) is 23.7. The summed E-state index contributed by atoms with van der Waals surface area (Å²) >= 11 is 0. The molecule has 0 bridgehead atoms. The number of amides is 1. The lowest BCUT2D eigenvalue weighted by Gasteiger charge is -2.28. The first-order valence-electron chi connectivity index (χ1n) is 9.88. The first kappa shape index (κ1) is 18.3. The molecule has 3 aromatic heterocycles. The van der Waals surface area contributed by atoms with E-state index in [1.807, 2.05) is 54.0 Å². The Morgan fingerprint density at radius 2 is 1.96 bits per heavy atom. The van der Waals surface area contributed by atoms with Crippen LogP contribution in [0.5, 0.6) is 0 Å². The summed E-state index contributed by atoms with van der Waals surface area (Å²) in [5.74, 6) is 2.48. The van der Waals surface area contributed by atoms with Gasteiger partial charge in [0.25, 0.3) is 5.91 Å². The summed E-state index contributed by atoms with van der Waals surface area (Å²) in [6.07, 6.45) is 7.50. The minimum absolute atomic E-state index is 0.0710. The third-order valence-corrected chi connectivity index (χ3v) is 4.99. The third kappa shape index (κ3) is 4.24. The van der Waals surface area contributed by atoms with Crippen LogP contribution in [0.25, 0.3) is 5.52 Å². The lowest BCUT2D eigenvalue weighted by molar-refractivity contribution is 0.0955. The summed E-state index contributed by atoms with van der Waals surface area (Å²) < 4.78 is 1.94. The summed E-state index contributed by atoms with van der Waals surface area (Å²) in [6, 6.07) is 9.78. The van der Waals surface area contributed by atoms with Gasteiger partial charge in [-0.25, -0.2) is 9.97 Å². The molecule has 0 spiro atoms. The molecule has 0 radical (unpaired) electrons. The number of aryl methyl sites for hydroxylation is 1. The second-order valence-electron chi connectivity index (χ2n) is 7.15. The van der Waals surface area contributed by atoms with E-state index >= 15 is 0 Å². The monoisotopic (exact) mass is 378 g/mol. The molecule has 7 nitrogen and oxygen atoms in total. The van der Waals surface area contributed by atoms with E-state index in [1.54, 1.807) is 0 Å². The van der Waals surface area contributed by atoms with Crippen molar-refractivity contribution in [3.8, 4) is 0 Å². The van der Waals surface area contributed by atoms with Gasteiger partial charge in [-0.05, 0) is 44.4 Å². The number of nitrogens with one attached hydrogen (secondary N) is 2. The molecule has 0 aliphatic carbocycles. The maximum Gasteiger partial charge on any atom is 0.252 e. The highest BCUT2D eigenvalue weighted by Gasteiger charge is 2.14. The largest absolute Gasteiger partial charge is 0.368 e. The Bertz CT molecular complexity index is 927. The molecule has 0 unspecified atom stereocenters. The average molecular weight is 378 g/mol. The maximum atomic E-state index is 12.4. The molecular formula is C21H26N6O. The number of rotatable bonds is 6. The molecule has 4 heterocycles. The van der Waals surface area contributed by atoms with E-state index in [2.05, 4.69) is 25.5 Å². The fraction of sp³-hybridized carbons (Fsp3) is 0.381. The molecule has 1 amide bonds.